The first-order valence-corrected chi connectivity index (χ1v) is 5.69. The van der Waals surface area contributed by atoms with Gasteiger partial charge in [0.05, 0.1) is 0 Å². The molecule has 1 atom stereocenters. The maximum Gasteiger partial charge on any atom is 0.223 e. The van der Waals surface area contributed by atoms with Crippen molar-refractivity contribution in [2.45, 2.75) is 25.8 Å². The van der Waals surface area contributed by atoms with Crippen LogP contribution in [-0.2, 0) is 11.3 Å². The average Bonchev–Trinajstić information content (AvgIpc) is 3.11. The van der Waals surface area contributed by atoms with Crippen LogP contribution in [0.3, 0.4) is 0 Å². The van der Waals surface area contributed by atoms with Crippen LogP contribution in [0.4, 0.5) is 0 Å². The zero-order valence-electron chi connectivity index (χ0n) is 8.78. The maximum absolute atomic E-state index is 11.7. The van der Waals surface area contributed by atoms with E-state index in [1.807, 2.05) is 24.5 Å². The van der Waals surface area contributed by atoms with E-state index in [2.05, 4.69) is 9.88 Å². The van der Waals surface area contributed by atoms with Gasteiger partial charge in [-0.25, -0.2) is 0 Å². The van der Waals surface area contributed by atoms with E-state index in [4.69, 9.17) is 0 Å². The number of carbonyl (C=O) groups excluding carboxylic acids is 1. The second-order valence-electron chi connectivity index (χ2n) is 4.83. The van der Waals surface area contributed by atoms with Crippen molar-refractivity contribution < 1.29 is 4.79 Å². The summed E-state index contributed by atoms with van der Waals surface area (Å²) < 4.78 is 2.08. The predicted octanol–water partition coefficient (Wildman–Crippen LogP) is 1.40. The fraction of sp³-hybridized carbons (Fsp3) is 0.583. The summed E-state index contributed by atoms with van der Waals surface area (Å²) in [7, 11) is 0. The van der Waals surface area contributed by atoms with Gasteiger partial charge in [-0.2, -0.15) is 0 Å². The van der Waals surface area contributed by atoms with Crippen molar-refractivity contribution in [3.8, 4) is 0 Å². The van der Waals surface area contributed by atoms with Crippen LogP contribution in [0.15, 0.2) is 24.5 Å². The van der Waals surface area contributed by atoms with Crippen LogP contribution in [-0.4, -0.2) is 17.0 Å². The van der Waals surface area contributed by atoms with Crippen LogP contribution in [0.5, 0.6) is 0 Å². The van der Waals surface area contributed by atoms with E-state index in [0.29, 0.717) is 11.3 Å². The molecule has 0 saturated heterocycles. The van der Waals surface area contributed by atoms with Crippen molar-refractivity contribution in [3.05, 3.63) is 24.5 Å². The molecular formula is C12H16N2O. The van der Waals surface area contributed by atoms with Crippen molar-refractivity contribution in [1.29, 1.82) is 0 Å². The van der Waals surface area contributed by atoms with E-state index in [1.54, 1.807) is 0 Å². The molecule has 0 radical (unpaired) electrons. The molecule has 80 valence electrons. The summed E-state index contributed by atoms with van der Waals surface area (Å²) in [4.78, 5) is 11.7. The Labute approximate surface area is 89.5 Å². The number of nitrogens with zero attached hydrogens (tertiary/aromatic N) is 1. The summed E-state index contributed by atoms with van der Waals surface area (Å²) in [6.45, 7) is 1.62. The summed E-state index contributed by atoms with van der Waals surface area (Å²) >= 11 is 0. The first kappa shape index (κ1) is 9.01. The lowest BCUT2D eigenvalue weighted by atomic mass is 10.3. The topological polar surface area (TPSA) is 34.0 Å². The molecule has 3 rings (SSSR count). The molecule has 0 aromatic carbocycles. The Morgan fingerprint density at radius 1 is 1.40 bits per heavy atom. The molecule has 1 spiro atoms. The fourth-order valence-corrected chi connectivity index (χ4v) is 2.38. The van der Waals surface area contributed by atoms with Crippen LogP contribution < -0.4 is 5.32 Å². The Morgan fingerprint density at radius 2 is 2.13 bits per heavy atom. The Balaban J connectivity index is 1.41. The Morgan fingerprint density at radius 3 is 2.73 bits per heavy atom. The Kier molecular flexibility index (Phi) is 1.87. The highest BCUT2D eigenvalue weighted by atomic mass is 16.2. The number of hydrogen-bond donors (Lipinski definition) is 1. The molecule has 0 aliphatic heterocycles. The fourth-order valence-electron chi connectivity index (χ4n) is 2.38. The minimum absolute atomic E-state index is 0.277. The van der Waals surface area contributed by atoms with Gasteiger partial charge in [-0.3, -0.25) is 4.79 Å². The molecule has 2 saturated carbocycles. The lowest BCUT2D eigenvalue weighted by Crippen LogP contribution is -2.28. The van der Waals surface area contributed by atoms with E-state index in [1.165, 1.54) is 12.8 Å². The Hall–Kier alpha value is -1.25. The highest BCUT2D eigenvalue weighted by Crippen LogP contribution is 2.70. The molecule has 1 aromatic rings. The highest BCUT2D eigenvalue weighted by molar-refractivity contribution is 5.83. The third-order valence-corrected chi connectivity index (χ3v) is 3.73. The molecule has 2 aliphatic carbocycles. The number of aromatic nitrogens is 1. The predicted molar refractivity (Wildman–Crippen MR) is 57.2 cm³/mol. The molecule has 3 nitrogen and oxygen atoms in total. The lowest BCUT2D eigenvalue weighted by Gasteiger charge is -2.05. The van der Waals surface area contributed by atoms with Crippen LogP contribution in [0.2, 0.25) is 0 Å². The van der Waals surface area contributed by atoms with E-state index in [9.17, 15) is 4.79 Å². The summed E-state index contributed by atoms with van der Waals surface area (Å²) in [5.74, 6) is 0.627. The third-order valence-electron chi connectivity index (χ3n) is 3.73. The molecule has 1 heterocycles. The molecule has 3 heteroatoms. The van der Waals surface area contributed by atoms with Crippen LogP contribution in [0.1, 0.15) is 19.3 Å². The SMILES string of the molecule is O=C(NCCn1cccc1)C1CC12CC2. The van der Waals surface area contributed by atoms with Gasteiger partial charge in [0.25, 0.3) is 0 Å². The van der Waals surface area contributed by atoms with Gasteiger partial charge in [0.15, 0.2) is 0 Å². The van der Waals surface area contributed by atoms with Crippen molar-refractivity contribution in [2.75, 3.05) is 6.54 Å². The minimum Gasteiger partial charge on any atom is -0.354 e. The number of carbonyl (C=O) groups is 1. The molecule has 2 aliphatic rings. The molecule has 1 amide bonds. The van der Waals surface area contributed by atoms with Gasteiger partial charge in [-0.15, -0.1) is 0 Å². The smallest absolute Gasteiger partial charge is 0.223 e. The quantitative estimate of drug-likeness (QED) is 0.790. The largest absolute Gasteiger partial charge is 0.354 e. The van der Waals surface area contributed by atoms with Crippen molar-refractivity contribution in [2.24, 2.45) is 11.3 Å². The van der Waals surface area contributed by atoms with Gasteiger partial charge in [-0.1, -0.05) is 0 Å². The molecule has 1 N–H and O–H groups in total. The minimum atomic E-state index is 0.277. The van der Waals surface area contributed by atoms with Gasteiger partial charge < -0.3 is 9.88 Å². The number of nitrogens with one attached hydrogen (secondary N) is 1. The summed E-state index contributed by atoms with van der Waals surface area (Å²) in [5.41, 5.74) is 0.484. The zero-order chi connectivity index (χ0) is 10.3. The van der Waals surface area contributed by atoms with Crippen molar-refractivity contribution in [3.63, 3.8) is 0 Å². The lowest BCUT2D eigenvalue weighted by molar-refractivity contribution is -0.122. The molecular weight excluding hydrogens is 188 g/mol. The summed E-state index contributed by atoms with van der Waals surface area (Å²) in [6.07, 6.45) is 7.74. The monoisotopic (exact) mass is 204 g/mol. The normalized spacial score (nSPS) is 25.2. The molecule has 1 unspecified atom stereocenters. The van der Waals surface area contributed by atoms with E-state index < -0.39 is 0 Å². The van der Waals surface area contributed by atoms with Gasteiger partial charge in [0.1, 0.15) is 0 Å². The van der Waals surface area contributed by atoms with Crippen molar-refractivity contribution >= 4 is 5.91 Å². The summed E-state index contributed by atoms with van der Waals surface area (Å²) in [6, 6.07) is 4.00. The Bertz CT molecular complexity index is 365. The average molecular weight is 204 g/mol. The number of hydrogen-bond acceptors (Lipinski definition) is 1. The van der Waals surface area contributed by atoms with Crippen LogP contribution >= 0.6 is 0 Å². The first-order chi connectivity index (χ1) is 7.30. The maximum atomic E-state index is 11.7. The second-order valence-corrected chi connectivity index (χ2v) is 4.83. The first-order valence-electron chi connectivity index (χ1n) is 5.69. The standard InChI is InChI=1S/C12H16N2O/c15-11(10-9-12(10)3-4-12)13-5-8-14-6-1-2-7-14/h1-2,6-7,10H,3-5,8-9H2,(H,13,15). The van der Waals surface area contributed by atoms with Crippen LogP contribution in [0, 0.1) is 11.3 Å². The van der Waals surface area contributed by atoms with Gasteiger partial charge in [0, 0.05) is 31.4 Å². The van der Waals surface area contributed by atoms with Gasteiger partial charge in [-0.05, 0) is 36.8 Å². The number of amides is 1. The highest BCUT2D eigenvalue weighted by Gasteiger charge is 2.65. The third kappa shape index (κ3) is 1.66. The zero-order valence-corrected chi connectivity index (χ0v) is 8.78. The molecule has 0 bridgehead atoms. The summed E-state index contributed by atoms with van der Waals surface area (Å²) in [5, 5.41) is 3.02. The van der Waals surface area contributed by atoms with Crippen molar-refractivity contribution in [1.82, 2.24) is 9.88 Å². The van der Waals surface area contributed by atoms with Gasteiger partial charge in [0.2, 0.25) is 5.91 Å². The second kappa shape index (κ2) is 3.12. The van der Waals surface area contributed by atoms with E-state index in [-0.39, 0.29) is 5.91 Å². The van der Waals surface area contributed by atoms with E-state index >= 15 is 0 Å². The van der Waals surface area contributed by atoms with Crippen LogP contribution in [0.25, 0.3) is 0 Å². The van der Waals surface area contributed by atoms with Gasteiger partial charge >= 0.3 is 0 Å². The van der Waals surface area contributed by atoms with E-state index in [0.717, 1.165) is 19.5 Å². The molecule has 1 aromatic heterocycles. The number of rotatable bonds is 4. The molecule has 15 heavy (non-hydrogen) atoms. The molecule has 2 fully saturated rings.